The van der Waals surface area contributed by atoms with Gasteiger partial charge in [0.15, 0.2) is 16.8 Å². The largest absolute Gasteiger partial charge is 0.238 e. The number of aromatic nitrogens is 10. The molecule has 0 N–H and O–H groups in total. The molecule has 0 radical (unpaired) electrons. The topological polar surface area (TPSA) is 113 Å². The number of aryl methyl sites for hydroxylation is 1. The fourth-order valence-electron chi connectivity index (χ4n) is 3.55. The van der Waals surface area contributed by atoms with Crippen LogP contribution in [0.5, 0.6) is 0 Å². The molecule has 29 heavy (non-hydrogen) atoms. The summed E-state index contributed by atoms with van der Waals surface area (Å²) in [5, 5.41) is 16.7. The summed E-state index contributed by atoms with van der Waals surface area (Å²) in [7, 11) is 0. The third-order valence-corrected chi connectivity index (χ3v) is 5.18. The molecule has 4 aromatic rings. The van der Waals surface area contributed by atoms with E-state index >= 15 is 0 Å². The van der Waals surface area contributed by atoms with Crippen molar-refractivity contribution in [3.05, 3.63) is 23.9 Å². The summed E-state index contributed by atoms with van der Waals surface area (Å²) in [5.41, 5.74) is 3.38. The van der Waals surface area contributed by atoms with Crippen molar-refractivity contribution >= 4 is 22.5 Å². The molecule has 10 nitrogen and oxygen atoms in total. The maximum atomic E-state index is 4.77. The number of hydrogen-bond donors (Lipinski definition) is 0. The third kappa shape index (κ3) is 3.43. The molecule has 1 unspecified atom stereocenters. The highest BCUT2D eigenvalue weighted by Crippen LogP contribution is 2.31. The van der Waals surface area contributed by atoms with Crippen LogP contribution in [0.3, 0.4) is 0 Å². The summed E-state index contributed by atoms with van der Waals surface area (Å²) in [6.07, 6.45) is 4.28. The number of hydrogen-bond acceptors (Lipinski definition) is 8. The van der Waals surface area contributed by atoms with E-state index in [-0.39, 0.29) is 11.5 Å². The van der Waals surface area contributed by atoms with Gasteiger partial charge < -0.3 is 0 Å². The Kier molecular flexibility index (Phi) is 4.71. The van der Waals surface area contributed by atoms with Gasteiger partial charge in [-0.3, -0.25) is 0 Å². The van der Waals surface area contributed by atoms with Crippen molar-refractivity contribution in [2.45, 2.75) is 71.9 Å². The first kappa shape index (κ1) is 19.3. The van der Waals surface area contributed by atoms with Gasteiger partial charge >= 0.3 is 0 Å². The highest BCUT2D eigenvalue weighted by Gasteiger charge is 2.29. The molecule has 0 amide bonds. The zero-order valence-corrected chi connectivity index (χ0v) is 17.7. The normalized spacial score (nSPS) is 13.6. The van der Waals surface area contributed by atoms with E-state index < -0.39 is 0 Å². The molecule has 0 aliphatic rings. The van der Waals surface area contributed by atoms with Gasteiger partial charge in [0.1, 0.15) is 5.82 Å². The second kappa shape index (κ2) is 7.09. The van der Waals surface area contributed by atoms with E-state index in [9.17, 15) is 0 Å². The lowest BCUT2D eigenvalue weighted by Crippen LogP contribution is -2.26. The standard InChI is InChI=1S/C19H26N10/c1-7-28-16-14(24-26-28)10-21-18(23-16)19(5,6)8-12(4)29-17-15(25-27-29)20-9-13(22-17)11(2)3/h9-12H,7-8H2,1-6H3. The summed E-state index contributed by atoms with van der Waals surface area (Å²) < 4.78 is 3.64. The molecule has 1 atom stereocenters. The Morgan fingerprint density at radius 1 is 0.966 bits per heavy atom. The van der Waals surface area contributed by atoms with Crippen molar-refractivity contribution in [3.8, 4) is 0 Å². The molecule has 0 bridgehead atoms. The molecule has 4 rings (SSSR count). The second-order valence-corrected chi connectivity index (χ2v) is 8.38. The van der Waals surface area contributed by atoms with E-state index in [1.165, 1.54) is 0 Å². The van der Waals surface area contributed by atoms with Gasteiger partial charge in [0.05, 0.1) is 24.1 Å². The predicted molar refractivity (Wildman–Crippen MR) is 108 cm³/mol. The van der Waals surface area contributed by atoms with Crippen molar-refractivity contribution in [2.24, 2.45) is 0 Å². The fraction of sp³-hybridized carbons (Fsp3) is 0.579. The predicted octanol–water partition coefficient (Wildman–Crippen LogP) is 2.83. The molecule has 10 heteroatoms. The zero-order chi connectivity index (χ0) is 20.8. The van der Waals surface area contributed by atoms with Crippen LogP contribution in [0.1, 0.15) is 71.4 Å². The Morgan fingerprint density at radius 2 is 1.76 bits per heavy atom. The number of nitrogens with zero attached hydrogens (tertiary/aromatic N) is 10. The SMILES string of the molecule is CCn1nnc2cnc(C(C)(C)CC(C)n3nnc4ncc(C(C)C)nc43)nc21. The second-order valence-electron chi connectivity index (χ2n) is 8.38. The smallest absolute Gasteiger partial charge is 0.221 e. The fourth-order valence-corrected chi connectivity index (χ4v) is 3.55. The number of fused-ring (bicyclic) bond motifs is 2. The van der Waals surface area contributed by atoms with Crippen LogP contribution in [-0.2, 0) is 12.0 Å². The molecule has 0 fully saturated rings. The first-order valence-electron chi connectivity index (χ1n) is 9.94. The Morgan fingerprint density at radius 3 is 2.48 bits per heavy atom. The average molecular weight is 394 g/mol. The minimum atomic E-state index is -0.294. The lowest BCUT2D eigenvalue weighted by atomic mass is 9.85. The maximum Gasteiger partial charge on any atom is 0.221 e. The Hall–Kier alpha value is -3.04. The number of rotatable bonds is 6. The molecular formula is C19H26N10. The summed E-state index contributed by atoms with van der Waals surface area (Å²) in [4.78, 5) is 18.5. The lowest BCUT2D eigenvalue weighted by molar-refractivity contribution is 0.342. The van der Waals surface area contributed by atoms with Crippen molar-refractivity contribution in [3.63, 3.8) is 0 Å². The van der Waals surface area contributed by atoms with Crippen LogP contribution in [0, 0.1) is 0 Å². The summed E-state index contributed by atoms with van der Waals surface area (Å²) in [6, 6.07) is 0.0419. The first-order valence-corrected chi connectivity index (χ1v) is 9.94. The molecule has 0 aliphatic heterocycles. The van der Waals surface area contributed by atoms with Crippen molar-refractivity contribution < 1.29 is 0 Å². The first-order chi connectivity index (χ1) is 13.8. The van der Waals surface area contributed by atoms with Crippen LogP contribution in [-0.4, -0.2) is 49.9 Å². The summed E-state index contributed by atoms with van der Waals surface area (Å²) in [5.74, 6) is 1.05. The Labute approximate surface area is 168 Å². The van der Waals surface area contributed by atoms with Crippen LogP contribution in [0.2, 0.25) is 0 Å². The van der Waals surface area contributed by atoms with Gasteiger partial charge in [0.2, 0.25) is 5.65 Å². The minimum Gasteiger partial charge on any atom is -0.238 e. The van der Waals surface area contributed by atoms with E-state index in [2.05, 4.69) is 65.2 Å². The Balaban J connectivity index is 1.66. The molecule has 0 spiro atoms. The van der Waals surface area contributed by atoms with Crippen molar-refractivity contribution in [1.82, 2.24) is 49.9 Å². The lowest BCUT2D eigenvalue weighted by Gasteiger charge is -2.26. The molecule has 4 heterocycles. The zero-order valence-electron chi connectivity index (χ0n) is 17.7. The van der Waals surface area contributed by atoms with E-state index in [1.807, 2.05) is 11.6 Å². The van der Waals surface area contributed by atoms with Crippen molar-refractivity contribution in [1.29, 1.82) is 0 Å². The molecule has 152 valence electrons. The van der Waals surface area contributed by atoms with Crippen LogP contribution in [0.4, 0.5) is 0 Å². The van der Waals surface area contributed by atoms with Crippen LogP contribution < -0.4 is 0 Å². The highest BCUT2D eigenvalue weighted by atomic mass is 15.5. The third-order valence-electron chi connectivity index (χ3n) is 5.18. The van der Waals surface area contributed by atoms with Crippen LogP contribution in [0.25, 0.3) is 22.5 Å². The van der Waals surface area contributed by atoms with Crippen LogP contribution >= 0.6 is 0 Å². The van der Waals surface area contributed by atoms with Gasteiger partial charge in [0.25, 0.3) is 0 Å². The van der Waals surface area contributed by atoms with Gasteiger partial charge in [-0.25, -0.2) is 29.3 Å². The van der Waals surface area contributed by atoms with Gasteiger partial charge in [0, 0.05) is 12.0 Å². The van der Waals surface area contributed by atoms with Gasteiger partial charge in [-0.1, -0.05) is 38.1 Å². The maximum absolute atomic E-state index is 4.77. The van der Waals surface area contributed by atoms with E-state index in [1.54, 1.807) is 17.1 Å². The Bertz CT molecular complexity index is 1160. The van der Waals surface area contributed by atoms with E-state index in [0.717, 1.165) is 23.6 Å². The molecular weight excluding hydrogens is 368 g/mol. The summed E-state index contributed by atoms with van der Waals surface area (Å²) >= 11 is 0. The molecule has 0 saturated carbocycles. The van der Waals surface area contributed by atoms with Gasteiger partial charge in [-0.2, -0.15) is 0 Å². The van der Waals surface area contributed by atoms with Gasteiger partial charge in [-0.05, 0) is 26.2 Å². The molecule has 0 aromatic carbocycles. The molecule has 0 saturated heterocycles. The monoisotopic (exact) mass is 394 g/mol. The average Bonchev–Trinajstić information content (AvgIpc) is 3.30. The quantitative estimate of drug-likeness (QED) is 0.490. The van der Waals surface area contributed by atoms with Crippen molar-refractivity contribution in [2.75, 3.05) is 0 Å². The molecule has 0 aliphatic carbocycles. The molecule has 4 aromatic heterocycles. The van der Waals surface area contributed by atoms with E-state index in [0.29, 0.717) is 29.3 Å². The highest BCUT2D eigenvalue weighted by molar-refractivity contribution is 5.68. The summed E-state index contributed by atoms with van der Waals surface area (Å²) in [6.45, 7) is 13.3. The van der Waals surface area contributed by atoms with Crippen LogP contribution in [0.15, 0.2) is 12.4 Å². The minimum absolute atomic E-state index is 0.0419. The van der Waals surface area contributed by atoms with E-state index in [4.69, 9.17) is 9.97 Å². The van der Waals surface area contributed by atoms with Gasteiger partial charge in [-0.15, -0.1) is 10.2 Å².